The summed E-state index contributed by atoms with van der Waals surface area (Å²) in [4.78, 5) is 9.37. The lowest BCUT2D eigenvalue weighted by Crippen LogP contribution is -2.13. The van der Waals surface area contributed by atoms with Crippen LogP contribution in [0.5, 0.6) is 11.5 Å². The lowest BCUT2D eigenvalue weighted by atomic mass is 10.1. The predicted molar refractivity (Wildman–Crippen MR) is 109 cm³/mol. The van der Waals surface area contributed by atoms with Crippen molar-refractivity contribution >= 4 is 28.3 Å². The molecule has 0 aliphatic carbocycles. The summed E-state index contributed by atoms with van der Waals surface area (Å²) in [6.45, 7) is 1.26. The molecule has 148 valence electrons. The number of benzene rings is 2. The van der Waals surface area contributed by atoms with E-state index in [1.54, 1.807) is 26.4 Å². The van der Waals surface area contributed by atoms with Crippen LogP contribution in [-0.2, 0) is 4.74 Å². The third-order valence-electron chi connectivity index (χ3n) is 4.08. The molecule has 7 nitrogen and oxygen atoms in total. The molecule has 2 aromatic carbocycles. The molecular weight excluding hydrogens is 382 g/mol. The highest BCUT2D eigenvalue weighted by atomic mass is 35.5. The maximum atomic E-state index is 8.81. The van der Waals surface area contributed by atoms with Crippen LogP contribution < -0.4 is 14.8 Å². The van der Waals surface area contributed by atoms with E-state index in [2.05, 4.69) is 15.3 Å². The SMILES string of the molecule is COc1cc2nc(-c3ccc(Cl)cc3)nc(NCCOCCO)c2cc1OC. The quantitative estimate of drug-likeness (QED) is 0.529. The van der Waals surface area contributed by atoms with Gasteiger partial charge in [-0.1, -0.05) is 11.6 Å². The third-order valence-corrected chi connectivity index (χ3v) is 4.33. The highest BCUT2D eigenvalue weighted by molar-refractivity contribution is 6.30. The smallest absolute Gasteiger partial charge is 0.162 e. The van der Waals surface area contributed by atoms with Crippen LogP contribution in [0.2, 0.25) is 5.02 Å². The maximum absolute atomic E-state index is 8.81. The first kappa shape index (κ1) is 20.1. The van der Waals surface area contributed by atoms with E-state index in [0.717, 1.165) is 16.5 Å². The minimum absolute atomic E-state index is 0.00581. The molecular formula is C20H22ClN3O4. The molecule has 0 unspecified atom stereocenters. The fourth-order valence-corrected chi connectivity index (χ4v) is 2.85. The van der Waals surface area contributed by atoms with Crippen LogP contribution in [0.15, 0.2) is 36.4 Å². The van der Waals surface area contributed by atoms with Gasteiger partial charge in [0, 0.05) is 28.6 Å². The summed E-state index contributed by atoms with van der Waals surface area (Å²) in [5.74, 6) is 2.41. The van der Waals surface area contributed by atoms with Crippen LogP contribution in [0.25, 0.3) is 22.3 Å². The number of methoxy groups -OCH3 is 2. The summed E-state index contributed by atoms with van der Waals surface area (Å²) < 4.78 is 16.1. The Labute approximate surface area is 168 Å². The van der Waals surface area contributed by atoms with E-state index in [1.807, 2.05) is 24.3 Å². The molecule has 0 amide bonds. The van der Waals surface area contributed by atoms with E-state index < -0.39 is 0 Å². The summed E-state index contributed by atoms with van der Waals surface area (Å²) >= 11 is 5.99. The number of anilines is 1. The third kappa shape index (κ3) is 4.62. The normalized spacial score (nSPS) is 10.9. The van der Waals surface area contributed by atoms with E-state index in [0.29, 0.717) is 47.9 Å². The molecule has 0 atom stereocenters. The standard InChI is InChI=1S/C20H22ClN3O4/c1-26-17-11-15-16(12-18(17)27-2)23-19(13-3-5-14(21)6-4-13)24-20(15)22-7-9-28-10-8-25/h3-6,11-12,25H,7-10H2,1-2H3,(H,22,23,24). The molecule has 0 spiro atoms. The van der Waals surface area contributed by atoms with Crippen LogP contribution >= 0.6 is 11.6 Å². The highest BCUT2D eigenvalue weighted by Gasteiger charge is 2.14. The average Bonchev–Trinajstić information content (AvgIpc) is 2.72. The Bertz CT molecular complexity index is 935. The number of ether oxygens (including phenoxy) is 3. The van der Waals surface area contributed by atoms with E-state index in [-0.39, 0.29) is 6.61 Å². The zero-order valence-electron chi connectivity index (χ0n) is 15.7. The number of halogens is 1. The largest absolute Gasteiger partial charge is 0.493 e. The van der Waals surface area contributed by atoms with Gasteiger partial charge in [-0.25, -0.2) is 9.97 Å². The molecule has 0 bridgehead atoms. The number of aliphatic hydroxyl groups excluding tert-OH is 1. The van der Waals surface area contributed by atoms with Crippen molar-refractivity contribution in [1.82, 2.24) is 9.97 Å². The zero-order chi connectivity index (χ0) is 19.9. The van der Waals surface area contributed by atoms with Gasteiger partial charge in [0.15, 0.2) is 17.3 Å². The van der Waals surface area contributed by atoms with Crippen molar-refractivity contribution in [2.45, 2.75) is 0 Å². The zero-order valence-corrected chi connectivity index (χ0v) is 16.5. The predicted octanol–water partition coefficient (Wildman–Crippen LogP) is 3.39. The van der Waals surface area contributed by atoms with Gasteiger partial charge in [-0.05, 0) is 30.3 Å². The molecule has 0 saturated heterocycles. The van der Waals surface area contributed by atoms with Gasteiger partial charge >= 0.3 is 0 Å². The van der Waals surface area contributed by atoms with Gasteiger partial charge < -0.3 is 24.6 Å². The fourth-order valence-electron chi connectivity index (χ4n) is 2.73. The Balaban J connectivity index is 2.03. The minimum Gasteiger partial charge on any atom is -0.493 e. The van der Waals surface area contributed by atoms with Crippen molar-refractivity contribution in [3.63, 3.8) is 0 Å². The molecule has 3 aromatic rings. The van der Waals surface area contributed by atoms with E-state index >= 15 is 0 Å². The van der Waals surface area contributed by atoms with Crippen molar-refractivity contribution in [3.05, 3.63) is 41.4 Å². The second kappa shape index (κ2) is 9.54. The number of nitrogens with zero attached hydrogens (tertiary/aromatic N) is 2. The average molecular weight is 404 g/mol. The summed E-state index contributed by atoms with van der Waals surface area (Å²) in [7, 11) is 3.17. The Kier molecular flexibility index (Phi) is 6.86. The van der Waals surface area contributed by atoms with Crippen LogP contribution in [0.1, 0.15) is 0 Å². The lowest BCUT2D eigenvalue weighted by molar-refractivity contribution is 0.0992. The number of hydrogen-bond donors (Lipinski definition) is 2. The van der Waals surface area contributed by atoms with E-state index in [9.17, 15) is 0 Å². The first-order valence-corrected chi connectivity index (χ1v) is 9.16. The van der Waals surface area contributed by atoms with Crippen molar-refractivity contribution in [2.75, 3.05) is 45.9 Å². The van der Waals surface area contributed by atoms with Crippen molar-refractivity contribution in [2.24, 2.45) is 0 Å². The number of nitrogens with one attached hydrogen (secondary N) is 1. The van der Waals surface area contributed by atoms with Gasteiger partial charge in [-0.2, -0.15) is 0 Å². The molecule has 0 aliphatic rings. The molecule has 3 rings (SSSR count). The van der Waals surface area contributed by atoms with Gasteiger partial charge in [-0.15, -0.1) is 0 Å². The Hall–Kier alpha value is -2.61. The molecule has 1 aromatic heterocycles. The van der Waals surface area contributed by atoms with E-state index in [4.69, 9.17) is 30.9 Å². The van der Waals surface area contributed by atoms with Crippen LogP contribution in [-0.4, -0.2) is 55.7 Å². The van der Waals surface area contributed by atoms with Gasteiger partial charge in [0.05, 0.1) is 39.6 Å². The summed E-state index contributed by atoms with van der Waals surface area (Å²) in [5.41, 5.74) is 1.57. The van der Waals surface area contributed by atoms with Gasteiger partial charge in [0.2, 0.25) is 0 Å². The number of aliphatic hydroxyl groups is 1. The second-order valence-corrected chi connectivity index (χ2v) is 6.33. The lowest BCUT2D eigenvalue weighted by Gasteiger charge is -2.14. The first-order chi connectivity index (χ1) is 13.7. The molecule has 2 N–H and O–H groups in total. The summed E-state index contributed by atoms with van der Waals surface area (Å²) in [6, 6.07) is 11.0. The van der Waals surface area contributed by atoms with Crippen LogP contribution in [0.4, 0.5) is 5.82 Å². The van der Waals surface area contributed by atoms with E-state index in [1.165, 1.54) is 0 Å². The molecule has 8 heteroatoms. The maximum Gasteiger partial charge on any atom is 0.162 e. The molecule has 0 aliphatic heterocycles. The first-order valence-electron chi connectivity index (χ1n) is 8.78. The van der Waals surface area contributed by atoms with Gasteiger partial charge in [0.1, 0.15) is 5.82 Å². The molecule has 1 heterocycles. The second-order valence-electron chi connectivity index (χ2n) is 5.89. The fraction of sp³-hybridized carbons (Fsp3) is 0.300. The highest BCUT2D eigenvalue weighted by Crippen LogP contribution is 2.35. The minimum atomic E-state index is -0.00581. The molecule has 28 heavy (non-hydrogen) atoms. The van der Waals surface area contributed by atoms with Crippen molar-refractivity contribution < 1.29 is 19.3 Å². The Morgan fingerprint density at radius 2 is 1.71 bits per heavy atom. The Morgan fingerprint density at radius 1 is 1.00 bits per heavy atom. The monoisotopic (exact) mass is 403 g/mol. The topological polar surface area (TPSA) is 85.7 Å². The van der Waals surface area contributed by atoms with Gasteiger partial charge in [0.25, 0.3) is 0 Å². The molecule has 0 radical (unpaired) electrons. The van der Waals surface area contributed by atoms with Crippen LogP contribution in [0.3, 0.4) is 0 Å². The van der Waals surface area contributed by atoms with Crippen molar-refractivity contribution in [3.8, 4) is 22.9 Å². The Morgan fingerprint density at radius 3 is 2.39 bits per heavy atom. The molecule has 0 fully saturated rings. The molecule has 0 saturated carbocycles. The number of fused-ring (bicyclic) bond motifs is 1. The number of aromatic nitrogens is 2. The number of hydrogen-bond acceptors (Lipinski definition) is 7. The summed E-state index contributed by atoms with van der Waals surface area (Å²) in [5, 5.41) is 13.5. The van der Waals surface area contributed by atoms with Crippen LogP contribution in [0, 0.1) is 0 Å². The van der Waals surface area contributed by atoms with Gasteiger partial charge in [-0.3, -0.25) is 0 Å². The number of rotatable bonds is 9. The van der Waals surface area contributed by atoms with Crippen molar-refractivity contribution in [1.29, 1.82) is 0 Å². The summed E-state index contributed by atoms with van der Waals surface area (Å²) in [6.07, 6.45) is 0.